The van der Waals surface area contributed by atoms with E-state index >= 15 is 0 Å². The molecule has 0 radical (unpaired) electrons. The van der Waals surface area contributed by atoms with Crippen molar-refractivity contribution in [1.82, 2.24) is 0 Å². The van der Waals surface area contributed by atoms with Crippen LogP contribution in [0, 0.1) is 0 Å². The molecular weight excluding hydrogens is 375 g/mol. The summed E-state index contributed by atoms with van der Waals surface area (Å²) in [6.07, 6.45) is 1.87. The number of carbonyl (C=O) groups is 2. The van der Waals surface area contributed by atoms with Gasteiger partial charge in [0.25, 0.3) is 0 Å². The molecule has 1 atom stereocenters. The topological polar surface area (TPSA) is 52.6 Å². The Morgan fingerprint density at radius 2 is 1.81 bits per heavy atom. The lowest BCUT2D eigenvalue weighted by Crippen LogP contribution is -2.19. The van der Waals surface area contributed by atoms with Crippen LogP contribution >= 0.6 is 23.2 Å². The van der Waals surface area contributed by atoms with Crippen LogP contribution in [0.4, 0.5) is 0 Å². The Labute approximate surface area is 161 Å². The zero-order valence-corrected chi connectivity index (χ0v) is 16.0. The van der Waals surface area contributed by atoms with E-state index in [1.165, 1.54) is 6.92 Å². The molecule has 0 heterocycles. The second-order valence-electron chi connectivity index (χ2n) is 6.41. The number of fused-ring (bicyclic) bond motifs is 2. The number of benzene rings is 2. The van der Waals surface area contributed by atoms with Gasteiger partial charge in [0.2, 0.25) is 0 Å². The van der Waals surface area contributed by atoms with E-state index in [2.05, 4.69) is 6.58 Å². The first kappa shape index (κ1) is 18.7. The molecule has 0 saturated heterocycles. The molecule has 3 rings (SSSR count). The number of rotatable bonds is 3. The lowest BCUT2D eigenvalue weighted by atomic mass is 9.87. The van der Waals surface area contributed by atoms with E-state index in [1.54, 1.807) is 25.1 Å². The van der Waals surface area contributed by atoms with Crippen molar-refractivity contribution in [1.29, 1.82) is 0 Å². The van der Waals surface area contributed by atoms with Gasteiger partial charge in [0, 0.05) is 44.8 Å². The average molecular weight is 393 g/mol. The molecule has 0 amide bonds. The highest BCUT2D eigenvalue weighted by atomic mass is 35.5. The molecule has 0 spiro atoms. The minimum atomic E-state index is -0.514. The molecule has 0 aromatic heterocycles. The number of alkyl halides is 1. The van der Waals surface area contributed by atoms with Crippen LogP contribution in [0.3, 0.4) is 0 Å². The van der Waals surface area contributed by atoms with Crippen LogP contribution in [0.5, 0.6) is 11.5 Å². The number of esters is 2. The predicted molar refractivity (Wildman–Crippen MR) is 102 cm³/mol. The molecule has 1 unspecified atom stereocenters. The van der Waals surface area contributed by atoms with E-state index in [0.29, 0.717) is 45.7 Å². The van der Waals surface area contributed by atoms with Gasteiger partial charge in [0.15, 0.2) is 0 Å². The average Bonchev–Trinajstić information content (AvgIpc) is 2.57. The van der Waals surface area contributed by atoms with Crippen molar-refractivity contribution < 1.29 is 19.1 Å². The maximum Gasteiger partial charge on any atom is 0.338 e. The van der Waals surface area contributed by atoms with E-state index < -0.39 is 11.9 Å². The Morgan fingerprint density at radius 3 is 2.46 bits per heavy atom. The highest BCUT2D eigenvalue weighted by molar-refractivity contribution is 6.31. The van der Waals surface area contributed by atoms with Gasteiger partial charge in [-0.1, -0.05) is 18.2 Å². The summed E-state index contributed by atoms with van der Waals surface area (Å²) in [5.41, 5.74) is 1.91. The number of carbonyl (C=O) groups excluding carboxylic acids is 2. The monoisotopic (exact) mass is 392 g/mol. The fraction of sp³-hybridized carbons (Fsp3) is 0.300. The van der Waals surface area contributed by atoms with Crippen molar-refractivity contribution in [2.75, 3.05) is 0 Å². The Kier molecular flexibility index (Phi) is 5.26. The van der Waals surface area contributed by atoms with Crippen molar-refractivity contribution in [2.45, 2.75) is 38.5 Å². The van der Waals surface area contributed by atoms with E-state index in [1.807, 2.05) is 0 Å². The molecule has 0 aliphatic heterocycles. The minimum absolute atomic E-state index is 0.0836. The number of halogens is 2. The molecule has 136 valence electrons. The fourth-order valence-electron chi connectivity index (χ4n) is 3.16. The number of hydrogen-bond donors (Lipinski definition) is 0. The molecule has 0 N–H and O–H groups in total. The SMILES string of the molecule is C=C(C)C(=O)Oc1c2c(c(OC(C)=O)c3cc(Cl)ccc13)CCC(Cl)C2. The van der Waals surface area contributed by atoms with Gasteiger partial charge in [-0.25, -0.2) is 4.79 Å². The lowest BCUT2D eigenvalue weighted by Gasteiger charge is -2.26. The van der Waals surface area contributed by atoms with Gasteiger partial charge in [0.05, 0.1) is 0 Å². The molecule has 6 heteroatoms. The van der Waals surface area contributed by atoms with Crippen molar-refractivity contribution in [3.05, 3.63) is 46.5 Å². The Hall–Kier alpha value is -2.04. The lowest BCUT2D eigenvalue weighted by molar-refractivity contribution is -0.132. The van der Waals surface area contributed by atoms with Gasteiger partial charge >= 0.3 is 11.9 Å². The third-order valence-electron chi connectivity index (χ3n) is 4.31. The van der Waals surface area contributed by atoms with Gasteiger partial charge in [-0.05, 0) is 44.4 Å². The molecule has 0 saturated carbocycles. The van der Waals surface area contributed by atoms with Crippen LogP contribution in [0.2, 0.25) is 5.02 Å². The summed E-state index contributed by atoms with van der Waals surface area (Å²) in [5, 5.41) is 1.68. The van der Waals surface area contributed by atoms with Crippen LogP contribution in [0.15, 0.2) is 30.4 Å². The van der Waals surface area contributed by atoms with Gasteiger partial charge in [-0.3, -0.25) is 4.79 Å². The molecular formula is C20H18Cl2O4. The molecule has 1 aliphatic rings. The maximum atomic E-state index is 12.2. The molecule has 4 nitrogen and oxygen atoms in total. The highest BCUT2D eigenvalue weighted by Gasteiger charge is 2.29. The van der Waals surface area contributed by atoms with Crippen molar-refractivity contribution in [2.24, 2.45) is 0 Å². The Morgan fingerprint density at radius 1 is 1.12 bits per heavy atom. The van der Waals surface area contributed by atoms with Crippen LogP contribution in [0.1, 0.15) is 31.4 Å². The first-order valence-electron chi connectivity index (χ1n) is 8.25. The summed E-state index contributed by atoms with van der Waals surface area (Å²) in [4.78, 5) is 23.9. The quantitative estimate of drug-likeness (QED) is 0.319. The summed E-state index contributed by atoms with van der Waals surface area (Å²) in [6.45, 7) is 6.58. The highest BCUT2D eigenvalue weighted by Crippen LogP contribution is 2.45. The normalized spacial score (nSPS) is 16.1. The van der Waals surface area contributed by atoms with Crippen LogP contribution in [-0.2, 0) is 22.4 Å². The fourth-order valence-corrected chi connectivity index (χ4v) is 3.60. The van der Waals surface area contributed by atoms with Crippen molar-refractivity contribution >= 4 is 45.9 Å². The zero-order valence-electron chi connectivity index (χ0n) is 14.5. The first-order valence-corrected chi connectivity index (χ1v) is 9.06. The Bertz CT molecular complexity index is 933. The molecule has 1 aliphatic carbocycles. The predicted octanol–water partition coefficient (Wildman–Crippen LogP) is 5.00. The Balaban J connectivity index is 2.34. The van der Waals surface area contributed by atoms with Crippen LogP contribution in [-0.4, -0.2) is 17.3 Å². The summed E-state index contributed by atoms with van der Waals surface area (Å²) in [7, 11) is 0. The largest absolute Gasteiger partial charge is 0.426 e. The number of ether oxygens (including phenoxy) is 2. The van der Waals surface area contributed by atoms with Crippen molar-refractivity contribution in [3.63, 3.8) is 0 Å². The minimum Gasteiger partial charge on any atom is -0.426 e. The number of hydrogen-bond acceptors (Lipinski definition) is 4. The van der Waals surface area contributed by atoms with E-state index in [0.717, 1.165) is 17.5 Å². The van der Waals surface area contributed by atoms with Crippen molar-refractivity contribution in [3.8, 4) is 11.5 Å². The van der Waals surface area contributed by atoms with Gasteiger partial charge in [-0.2, -0.15) is 0 Å². The molecule has 26 heavy (non-hydrogen) atoms. The molecule has 2 aromatic carbocycles. The maximum absolute atomic E-state index is 12.2. The molecule has 0 bridgehead atoms. The van der Waals surface area contributed by atoms with Gasteiger partial charge in [0.1, 0.15) is 11.5 Å². The molecule has 0 fully saturated rings. The van der Waals surface area contributed by atoms with E-state index in [9.17, 15) is 9.59 Å². The third kappa shape index (κ3) is 3.57. The standard InChI is InChI=1S/C20H18Cl2O4/c1-10(2)20(24)26-19-15-7-5-12(21)8-16(15)18(25-11(3)23)14-6-4-13(22)9-17(14)19/h5,7-8,13H,1,4,6,9H2,2-3H3. The second-order valence-corrected chi connectivity index (χ2v) is 7.46. The van der Waals surface area contributed by atoms with Gasteiger partial charge < -0.3 is 9.47 Å². The van der Waals surface area contributed by atoms with Crippen LogP contribution < -0.4 is 9.47 Å². The summed E-state index contributed by atoms with van der Waals surface area (Å²) < 4.78 is 11.2. The van der Waals surface area contributed by atoms with E-state index in [-0.39, 0.29) is 5.38 Å². The summed E-state index contributed by atoms with van der Waals surface area (Å²) in [6, 6.07) is 5.16. The van der Waals surface area contributed by atoms with E-state index in [4.69, 9.17) is 32.7 Å². The van der Waals surface area contributed by atoms with Gasteiger partial charge in [-0.15, -0.1) is 11.6 Å². The summed E-state index contributed by atoms with van der Waals surface area (Å²) >= 11 is 12.5. The molecule has 2 aromatic rings. The van der Waals surface area contributed by atoms with Crippen LogP contribution in [0.25, 0.3) is 10.8 Å². The zero-order chi connectivity index (χ0) is 19.0. The first-order chi connectivity index (χ1) is 12.3. The second kappa shape index (κ2) is 7.29. The smallest absolute Gasteiger partial charge is 0.338 e. The summed E-state index contributed by atoms with van der Waals surface area (Å²) in [5.74, 6) is -0.0434. The third-order valence-corrected chi connectivity index (χ3v) is 4.91.